The smallest absolute Gasteiger partial charge is 0.0494 e. The van der Waals surface area contributed by atoms with Gasteiger partial charge in [-0.25, -0.2) is 0 Å². The molecule has 0 radical (unpaired) electrons. The molecule has 2 saturated carbocycles. The Balaban J connectivity index is 1.55. The number of rotatable bonds is 8. The lowest BCUT2D eigenvalue weighted by Crippen LogP contribution is -2.20. The van der Waals surface area contributed by atoms with Crippen molar-refractivity contribution in [2.45, 2.75) is 84.5 Å². The Morgan fingerprint density at radius 3 is 1.86 bits per heavy atom. The number of allylic oxidation sites excluding steroid dienone is 2. The van der Waals surface area contributed by atoms with Crippen molar-refractivity contribution in [3.63, 3.8) is 0 Å². The van der Waals surface area contributed by atoms with Gasteiger partial charge in [-0.05, 0) is 75.5 Å². The first-order chi connectivity index (χ1) is 10.8. The second-order valence-corrected chi connectivity index (χ2v) is 7.74. The fourth-order valence-electron chi connectivity index (χ4n) is 4.44. The first-order valence-electron chi connectivity index (χ1n) is 10.1. The standard InChI is InChI=1S/C21H38O/c1-3-5-6-18-7-9-19(10-8-18)11-12-20-13-15-21(16-14-20)17-22-4-2/h5-6,18-21H,3-4,7-17H2,1-2H3/b6-5+/t18-,19-,20?,21?. The molecule has 0 bridgehead atoms. The average Bonchev–Trinajstić information content (AvgIpc) is 2.58. The summed E-state index contributed by atoms with van der Waals surface area (Å²) in [6, 6.07) is 0. The molecule has 0 atom stereocenters. The molecule has 2 rings (SSSR count). The third kappa shape index (κ3) is 6.44. The summed E-state index contributed by atoms with van der Waals surface area (Å²) in [6.07, 6.45) is 20.7. The van der Waals surface area contributed by atoms with E-state index in [1.165, 1.54) is 70.6 Å². The normalized spacial score (nSPS) is 33.4. The van der Waals surface area contributed by atoms with Gasteiger partial charge < -0.3 is 4.74 Å². The average molecular weight is 307 g/mol. The van der Waals surface area contributed by atoms with Gasteiger partial charge in [-0.1, -0.05) is 44.8 Å². The van der Waals surface area contributed by atoms with Gasteiger partial charge >= 0.3 is 0 Å². The van der Waals surface area contributed by atoms with Gasteiger partial charge in [-0.3, -0.25) is 0 Å². The molecule has 0 aliphatic heterocycles. The molecule has 0 N–H and O–H groups in total. The van der Waals surface area contributed by atoms with Crippen molar-refractivity contribution >= 4 is 0 Å². The molecule has 0 aromatic rings. The highest BCUT2D eigenvalue weighted by atomic mass is 16.5. The van der Waals surface area contributed by atoms with Gasteiger partial charge in [0, 0.05) is 13.2 Å². The molecule has 1 heteroatoms. The lowest BCUT2D eigenvalue weighted by molar-refractivity contribution is 0.0844. The molecule has 0 aromatic heterocycles. The Hall–Kier alpha value is -0.300. The van der Waals surface area contributed by atoms with Crippen LogP contribution < -0.4 is 0 Å². The van der Waals surface area contributed by atoms with Crippen LogP contribution in [0.15, 0.2) is 12.2 Å². The number of ether oxygens (including phenoxy) is 1. The van der Waals surface area contributed by atoms with Crippen LogP contribution in [0.5, 0.6) is 0 Å². The summed E-state index contributed by atoms with van der Waals surface area (Å²) >= 11 is 0. The summed E-state index contributed by atoms with van der Waals surface area (Å²) in [4.78, 5) is 0. The van der Waals surface area contributed by atoms with E-state index in [1.807, 2.05) is 0 Å². The van der Waals surface area contributed by atoms with E-state index in [4.69, 9.17) is 4.74 Å². The predicted octanol–water partition coefficient (Wildman–Crippen LogP) is 6.38. The highest BCUT2D eigenvalue weighted by Gasteiger charge is 2.24. The van der Waals surface area contributed by atoms with Gasteiger partial charge in [-0.15, -0.1) is 0 Å². The Morgan fingerprint density at radius 1 is 0.773 bits per heavy atom. The van der Waals surface area contributed by atoms with Crippen LogP contribution in [0.4, 0.5) is 0 Å². The van der Waals surface area contributed by atoms with Gasteiger partial charge in [0.15, 0.2) is 0 Å². The minimum atomic E-state index is 0.858. The lowest BCUT2D eigenvalue weighted by atomic mass is 9.75. The second kappa shape index (κ2) is 10.5. The SMILES string of the molecule is CC/C=C/[C@H]1CC[C@H](CCC2CCC(COCC)CC2)CC1. The Labute approximate surface area is 138 Å². The van der Waals surface area contributed by atoms with E-state index in [0.717, 1.165) is 36.9 Å². The van der Waals surface area contributed by atoms with Gasteiger partial charge in [0.05, 0.1) is 0 Å². The highest BCUT2D eigenvalue weighted by Crippen LogP contribution is 2.36. The topological polar surface area (TPSA) is 9.23 Å². The molecular weight excluding hydrogens is 268 g/mol. The van der Waals surface area contributed by atoms with Crippen molar-refractivity contribution < 1.29 is 4.74 Å². The summed E-state index contributed by atoms with van der Waals surface area (Å²) in [5.41, 5.74) is 0. The molecule has 0 aromatic carbocycles. The molecule has 0 unspecified atom stereocenters. The van der Waals surface area contributed by atoms with Crippen molar-refractivity contribution in [2.75, 3.05) is 13.2 Å². The van der Waals surface area contributed by atoms with Crippen LogP contribution in [-0.2, 0) is 4.74 Å². The summed E-state index contributed by atoms with van der Waals surface area (Å²) in [6.45, 7) is 6.25. The third-order valence-corrected chi connectivity index (χ3v) is 6.04. The van der Waals surface area contributed by atoms with E-state index < -0.39 is 0 Å². The summed E-state index contributed by atoms with van der Waals surface area (Å²) < 4.78 is 5.60. The first kappa shape index (κ1) is 18.0. The third-order valence-electron chi connectivity index (χ3n) is 6.04. The van der Waals surface area contributed by atoms with Crippen LogP contribution in [0, 0.1) is 23.7 Å². The molecule has 0 spiro atoms. The van der Waals surface area contributed by atoms with Crippen LogP contribution in [0.3, 0.4) is 0 Å². The largest absolute Gasteiger partial charge is 0.381 e. The number of hydrogen-bond donors (Lipinski definition) is 0. The van der Waals surface area contributed by atoms with E-state index in [2.05, 4.69) is 26.0 Å². The van der Waals surface area contributed by atoms with Crippen LogP contribution in [0.2, 0.25) is 0 Å². The highest BCUT2D eigenvalue weighted by molar-refractivity contribution is 4.90. The fraction of sp³-hybridized carbons (Fsp3) is 0.905. The van der Waals surface area contributed by atoms with Gasteiger partial charge in [0.2, 0.25) is 0 Å². The fourth-order valence-corrected chi connectivity index (χ4v) is 4.44. The monoisotopic (exact) mass is 306 g/mol. The van der Waals surface area contributed by atoms with Crippen LogP contribution in [0.25, 0.3) is 0 Å². The van der Waals surface area contributed by atoms with E-state index >= 15 is 0 Å². The van der Waals surface area contributed by atoms with Gasteiger partial charge in [-0.2, -0.15) is 0 Å². The molecule has 0 saturated heterocycles. The molecule has 128 valence electrons. The molecule has 1 nitrogen and oxygen atoms in total. The van der Waals surface area contributed by atoms with E-state index in [9.17, 15) is 0 Å². The second-order valence-electron chi connectivity index (χ2n) is 7.74. The maximum Gasteiger partial charge on any atom is 0.0494 e. The maximum absolute atomic E-state index is 5.60. The molecule has 2 aliphatic rings. The van der Waals surface area contributed by atoms with E-state index in [-0.39, 0.29) is 0 Å². The summed E-state index contributed by atoms with van der Waals surface area (Å²) in [5.74, 6) is 3.81. The summed E-state index contributed by atoms with van der Waals surface area (Å²) in [7, 11) is 0. The number of hydrogen-bond acceptors (Lipinski definition) is 1. The van der Waals surface area contributed by atoms with Crippen molar-refractivity contribution in [3.8, 4) is 0 Å². The zero-order valence-corrected chi connectivity index (χ0v) is 15.1. The Kier molecular flexibility index (Phi) is 8.59. The molecule has 22 heavy (non-hydrogen) atoms. The van der Waals surface area contributed by atoms with Crippen LogP contribution >= 0.6 is 0 Å². The molecule has 0 amide bonds. The molecule has 2 fully saturated rings. The molecular formula is C21H38O. The Morgan fingerprint density at radius 2 is 1.32 bits per heavy atom. The predicted molar refractivity (Wildman–Crippen MR) is 96.1 cm³/mol. The minimum Gasteiger partial charge on any atom is -0.381 e. The van der Waals surface area contributed by atoms with Crippen molar-refractivity contribution in [1.82, 2.24) is 0 Å². The quantitative estimate of drug-likeness (QED) is 0.473. The zero-order chi connectivity index (χ0) is 15.6. The van der Waals surface area contributed by atoms with Crippen LogP contribution in [-0.4, -0.2) is 13.2 Å². The maximum atomic E-state index is 5.60. The van der Waals surface area contributed by atoms with Crippen molar-refractivity contribution in [3.05, 3.63) is 12.2 Å². The molecule has 0 heterocycles. The molecule has 2 aliphatic carbocycles. The van der Waals surface area contributed by atoms with Gasteiger partial charge in [0.1, 0.15) is 0 Å². The lowest BCUT2D eigenvalue weighted by Gasteiger charge is -2.31. The minimum absolute atomic E-state index is 0.858. The van der Waals surface area contributed by atoms with Gasteiger partial charge in [0.25, 0.3) is 0 Å². The van der Waals surface area contributed by atoms with Crippen molar-refractivity contribution in [2.24, 2.45) is 23.7 Å². The van der Waals surface area contributed by atoms with Crippen molar-refractivity contribution in [1.29, 1.82) is 0 Å². The van der Waals surface area contributed by atoms with Crippen LogP contribution in [0.1, 0.15) is 84.5 Å². The van der Waals surface area contributed by atoms with E-state index in [1.54, 1.807) is 0 Å². The first-order valence-corrected chi connectivity index (χ1v) is 10.1. The zero-order valence-electron chi connectivity index (χ0n) is 15.1. The Bertz CT molecular complexity index is 293. The summed E-state index contributed by atoms with van der Waals surface area (Å²) in [5, 5.41) is 0. The van der Waals surface area contributed by atoms with E-state index in [0.29, 0.717) is 0 Å².